The van der Waals surface area contributed by atoms with E-state index in [0.717, 1.165) is 72.3 Å². The van der Waals surface area contributed by atoms with Crippen LogP contribution in [0.5, 0.6) is 0 Å². The lowest BCUT2D eigenvalue weighted by Gasteiger charge is -2.35. The van der Waals surface area contributed by atoms with Crippen molar-refractivity contribution in [2.45, 2.75) is 32.2 Å². The van der Waals surface area contributed by atoms with Crippen molar-refractivity contribution in [3.8, 4) is 11.1 Å². The third-order valence-electron chi connectivity index (χ3n) is 7.50. The maximum absolute atomic E-state index is 4.65. The van der Waals surface area contributed by atoms with Crippen molar-refractivity contribution in [2.75, 3.05) is 36.4 Å². The summed E-state index contributed by atoms with van der Waals surface area (Å²) in [6, 6.07) is 13.6. The molecule has 0 spiro atoms. The number of aromatic nitrogens is 4. The van der Waals surface area contributed by atoms with Crippen LogP contribution in [-0.2, 0) is 13.5 Å². The van der Waals surface area contributed by atoms with Crippen molar-refractivity contribution in [1.29, 1.82) is 0 Å². The predicted octanol–water partition coefficient (Wildman–Crippen LogP) is 4.96. The number of fused-ring (bicyclic) bond motifs is 1. The summed E-state index contributed by atoms with van der Waals surface area (Å²) in [4.78, 5) is 14.3. The van der Waals surface area contributed by atoms with Gasteiger partial charge in [-0.15, -0.1) is 0 Å². The van der Waals surface area contributed by atoms with E-state index < -0.39 is 0 Å². The second kappa shape index (κ2) is 9.39. The number of nitrogens with zero attached hydrogens (tertiary/aromatic N) is 6. The monoisotopic (exact) mass is 479 g/mol. The number of aryl methyl sites for hydroxylation is 1. The van der Waals surface area contributed by atoms with E-state index in [4.69, 9.17) is 0 Å². The minimum absolute atomic E-state index is 0.781. The molecule has 4 heterocycles. The summed E-state index contributed by atoms with van der Waals surface area (Å²) >= 11 is 0. The van der Waals surface area contributed by atoms with Crippen molar-refractivity contribution in [3.05, 3.63) is 72.8 Å². The normalized spacial score (nSPS) is 16.4. The van der Waals surface area contributed by atoms with Crippen molar-refractivity contribution in [2.24, 2.45) is 7.05 Å². The average molecular weight is 480 g/mol. The van der Waals surface area contributed by atoms with E-state index in [-0.39, 0.29) is 0 Å². The van der Waals surface area contributed by atoms with E-state index >= 15 is 0 Å². The maximum atomic E-state index is 4.65. The molecule has 4 aromatic rings. The standard InChI is InChI=1S/C29H33N7/c1-4-27-26(19-32-34(27)3)22-5-6-23-18-31-28(16-24(23)15-22)33-20(2)21-9-10-30-29(17-21)36-13-11-35(12-14-36)25-7-8-25/h5-6,9-10,15-19,25H,2,4,7-8,11-14H2,1,3H3,(H,31,33). The minimum atomic E-state index is 0.781. The molecule has 2 fully saturated rings. The molecule has 1 aliphatic carbocycles. The van der Waals surface area contributed by atoms with Crippen LogP contribution in [0.4, 0.5) is 11.6 Å². The fourth-order valence-electron chi connectivity index (χ4n) is 5.26. The van der Waals surface area contributed by atoms with E-state index in [1.165, 1.54) is 29.7 Å². The van der Waals surface area contributed by atoms with E-state index in [1.807, 2.05) is 36.4 Å². The first kappa shape index (κ1) is 22.7. The van der Waals surface area contributed by atoms with Crippen LogP contribution in [0.15, 0.2) is 61.6 Å². The number of hydrogen-bond acceptors (Lipinski definition) is 6. The van der Waals surface area contributed by atoms with Crippen LogP contribution in [0.25, 0.3) is 27.6 Å². The van der Waals surface area contributed by atoms with Gasteiger partial charge in [0.15, 0.2) is 0 Å². The van der Waals surface area contributed by atoms with Gasteiger partial charge in [0.25, 0.3) is 0 Å². The highest BCUT2D eigenvalue weighted by Gasteiger charge is 2.31. The zero-order chi connectivity index (χ0) is 24.6. The topological polar surface area (TPSA) is 62.1 Å². The quantitative estimate of drug-likeness (QED) is 0.404. The molecule has 0 unspecified atom stereocenters. The SMILES string of the molecule is C=C(Nc1cc2cc(-c3cnn(C)c3CC)ccc2cn1)c1ccnc(N2CCN(C3CC3)CC2)c1. The van der Waals surface area contributed by atoms with Gasteiger partial charge >= 0.3 is 0 Å². The Kier molecular flexibility index (Phi) is 5.93. The Labute approximate surface area is 212 Å². The summed E-state index contributed by atoms with van der Waals surface area (Å²) in [6.45, 7) is 10.8. The van der Waals surface area contributed by atoms with E-state index in [2.05, 4.69) is 74.0 Å². The summed E-state index contributed by atoms with van der Waals surface area (Å²) in [6.07, 6.45) is 9.42. The van der Waals surface area contributed by atoms with Crippen LogP contribution in [0, 0.1) is 0 Å². The molecule has 0 atom stereocenters. The van der Waals surface area contributed by atoms with Gasteiger partial charge in [-0.05, 0) is 54.5 Å². The second-order valence-corrected chi connectivity index (χ2v) is 9.87. The molecule has 0 radical (unpaired) electrons. The maximum Gasteiger partial charge on any atom is 0.130 e. The van der Waals surface area contributed by atoms with Gasteiger partial charge in [0.1, 0.15) is 11.6 Å². The van der Waals surface area contributed by atoms with Crippen molar-refractivity contribution < 1.29 is 0 Å². The molecule has 0 amide bonds. The van der Waals surface area contributed by atoms with Crippen molar-refractivity contribution in [3.63, 3.8) is 0 Å². The zero-order valence-electron chi connectivity index (χ0n) is 21.1. The van der Waals surface area contributed by atoms with Crippen LogP contribution < -0.4 is 10.2 Å². The van der Waals surface area contributed by atoms with Crippen molar-refractivity contribution in [1.82, 2.24) is 24.6 Å². The largest absolute Gasteiger partial charge is 0.354 e. The van der Waals surface area contributed by atoms with Crippen LogP contribution in [0.1, 0.15) is 31.0 Å². The van der Waals surface area contributed by atoms with Crippen LogP contribution >= 0.6 is 0 Å². The first-order valence-corrected chi connectivity index (χ1v) is 12.9. The Morgan fingerprint density at radius 3 is 2.61 bits per heavy atom. The van der Waals surface area contributed by atoms with Gasteiger partial charge in [-0.3, -0.25) is 9.58 Å². The smallest absolute Gasteiger partial charge is 0.130 e. The number of anilines is 2. The minimum Gasteiger partial charge on any atom is -0.354 e. The highest BCUT2D eigenvalue weighted by molar-refractivity contribution is 5.90. The average Bonchev–Trinajstić information content (AvgIpc) is 3.70. The summed E-state index contributed by atoms with van der Waals surface area (Å²) in [5, 5.41) is 10.1. The molecule has 36 heavy (non-hydrogen) atoms. The van der Waals surface area contributed by atoms with E-state index in [1.54, 1.807) is 0 Å². The predicted molar refractivity (Wildman–Crippen MR) is 147 cm³/mol. The molecule has 0 bridgehead atoms. The molecule has 3 aromatic heterocycles. The molecule has 1 N–H and O–H groups in total. The lowest BCUT2D eigenvalue weighted by atomic mass is 10.0. The summed E-state index contributed by atoms with van der Waals surface area (Å²) in [7, 11) is 2.00. The molecule has 7 nitrogen and oxygen atoms in total. The van der Waals surface area contributed by atoms with E-state index in [9.17, 15) is 0 Å². The molecule has 2 aliphatic rings. The van der Waals surface area contributed by atoms with Gasteiger partial charge in [-0.25, -0.2) is 9.97 Å². The highest BCUT2D eigenvalue weighted by Crippen LogP contribution is 2.30. The summed E-state index contributed by atoms with van der Waals surface area (Å²) < 4.78 is 1.96. The number of nitrogens with one attached hydrogen (secondary N) is 1. The van der Waals surface area contributed by atoms with Gasteiger partial charge in [-0.2, -0.15) is 5.10 Å². The van der Waals surface area contributed by atoms with Crippen LogP contribution in [0.2, 0.25) is 0 Å². The third kappa shape index (κ3) is 4.46. The summed E-state index contributed by atoms with van der Waals surface area (Å²) in [5.41, 5.74) is 5.43. The Bertz CT molecular complexity index is 1410. The Balaban J connectivity index is 1.19. The molecular weight excluding hydrogens is 446 g/mol. The van der Waals surface area contributed by atoms with Gasteiger partial charge in [0.2, 0.25) is 0 Å². The Morgan fingerprint density at radius 1 is 1.00 bits per heavy atom. The first-order chi connectivity index (χ1) is 17.6. The molecule has 1 saturated carbocycles. The fraction of sp³-hybridized carbons (Fsp3) is 0.345. The number of pyridine rings is 2. The van der Waals surface area contributed by atoms with Crippen LogP contribution in [-0.4, -0.2) is 56.9 Å². The lowest BCUT2D eigenvalue weighted by Crippen LogP contribution is -2.47. The number of rotatable bonds is 7. The fourth-order valence-corrected chi connectivity index (χ4v) is 5.26. The third-order valence-corrected chi connectivity index (χ3v) is 7.50. The Morgan fingerprint density at radius 2 is 1.83 bits per heavy atom. The van der Waals surface area contributed by atoms with Gasteiger partial charge in [-0.1, -0.05) is 25.6 Å². The number of hydrogen-bond donors (Lipinski definition) is 1. The molecule has 1 saturated heterocycles. The molecule has 184 valence electrons. The van der Waals surface area contributed by atoms with Crippen LogP contribution in [0.3, 0.4) is 0 Å². The lowest BCUT2D eigenvalue weighted by molar-refractivity contribution is 0.247. The molecular formula is C29H33N7. The second-order valence-electron chi connectivity index (χ2n) is 9.87. The molecule has 1 aliphatic heterocycles. The summed E-state index contributed by atoms with van der Waals surface area (Å²) in [5.74, 6) is 1.80. The van der Waals surface area contributed by atoms with Crippen molar-refractivity contribution >= 4 is 28.1 Å². The molecule has 6 rings (SSSR count). The number of piperazine rings is 1. The number of benzene rings is 1. The Hall–Kier alpha value is -3.71. The highest BCUT2D eigenvalue weighted by atomic mass is 15.3. The van der Waals surface area contributed by atoms with Gasteiger partial charge < -0.3 is 10.2 Å². The zero-order valence-corrected chi connectivity index (χ0v) is 21.1. The molecule has 1 aromatic carbocycles. The van der Waals surface area contributed by atoms with Gasteiger partial charge in [0, 0.05) is 79.6 Å². The first-order valence-electron chi connectivity index (χ1n) is 12.9. The van der Waals surface area contributed by atoms with Gasteiger partial charge in [0.05, 0.1) is 6.20 Å². The molecule has 7 heteroatoms. The van der Waals surface area contributed by atoms with E-state index in [0.29, 0.717) is 0 Å².